The SMILES string of the molecule is COCCOC(OC)C(=O)OCO. The van der Waals surface area contributed by atoms with Crippen LogP contribution in [0.25, 0.3) is 0 Å². The van der Waals surface area contributed by atoms with E-state index in [0.717, 1.165) is 0 Å². The number of hydrogen-bond donors (Lipinski definition) is 1. The highest BCUT2D eigenvalue weighted by molar-refractivity contribution is 5.73. The van der Waals surface area contributed by atoms with Gasteiger partial charge in [-0.1, -0.05) is 0 Å². The quantitative estimate of drug-likeness (QED) is 0.322. The van der Waals surface area contributed by atoms with E-state index in [2.05, 4.69) is 9.47 Å². The molecular weight excluding hydrogens is 180 g/mol. The summed E-state index contributed by atoms with van der Waals surface area (Å²) in [7, 11) is 2.81. The van der Waals surface area contributed by atoms with Crippen molar-refractivity contribution in [3.05, 3.63) is 0 Å². The molecule has 1 unspecified atom stereocenters. The van der Waals surface area contributed by atoms with Gasteiger partial charge in [0, 0.05) is 14.2 Å². The molecule has 0 amide bonds. The monoisotopic (exact) mass is 194 g/mol. The normalized spacial score (nSPS) is 12.5. The molecule has 13 heavy (non-hydrogen) atoms. The maximum atomic E-state index is 10.9. The summed E-state index contributed by atoms with van der Waals surface area (Å²) >= 11 is 0. The van der Waals surface area contributed by atoms with Crippen LogP contribution in [0.2, 0.25) is 0 Å². The lowest BCUT2D eigenvalue weighted by Crippen LogP contribution is -2.29. The molecule has 0 heterocycles. The summed E-state index contributed by atoms with van der Waals surface area (Å²) in [5, 5.41) is 8.27. The molecule has 0 aromatic heterocycles. The van der Waals surface area contributed by atoms with Crippen molar-refractivity contribution in [3.63, 3.8) is 0 Å². The molecule has 6 heteroatoms. The van der Waals surface area contributed by atoms with Crippen LogP contribution in [0.15, 0.2) is 0 Å². The molecule has 0 aliphatic carbocycles. The van der Waals surface area contributed by atoms with Crippen LogP contribution in [0.4, 0.5) is 0 Å². The third-order valence-corrected chi connectivity index (χ3v) is 1.17. The van der Waals surface area contributed by atoms with Gasteiger partial charge in [0.15, 0.2) is 6.79 Å². The minimum atomic E-state index is -1.11. The third-order valence-electron chi connectivity index (χ3n) is 1.17. The number of aliphatic hydroxyl groups is 1. The van der Waals surface area contributed by atoms with E-state index < -0.39 is 19.1 Å². The van der Waals surface area contributed by atoms with Crippen molar-refractivity contribution >= 4 is 5.97 Å². The van der Waals surface area contributed by atoms with Gasteiger partial charge in [0.05, 0.1) is 13.2 Å². The number of carbonyl (C=O) groups excluding carboxylic acids is 1. The van der Waals surface area contributed by atoms with Crippen molar-refractivity contribution < 1.29 is 28.8 Å². The maximum absolute atomic E-state index is 10.9. The van der Waals surface area contributed by atoms with Crippen molar-refractivity contribution in [1.82, 2.24) is 0 Å². The van der Waals surface area contributed by atoms with Crippen molar-refractivity contribution in [2.24, 2.45) is 0 Å². The Labute approximate surface area is 76.3 Å². The minimum Gasteiger partial charge on any atom is -0.435 e. The first-order chi connectivity index (χ1) is 6.26. The van der Waals surface area contributed by atoms with Gasteiger partial charge >= 0.3 is 5.97 Å². The van der Waals surface area contributed by atoms with Crippen LogP contribution in [0.5, 0.6) is 0 Å². The largest absolute Gasteiger partial charge is 0.435 e. The first-order valence-corrected chi connectivity index (χ1v) is 3.67. The van der Waals surface area contributed by atoms with E-state index in [9.17, 15) is 4.79 Å². The van der Waals surface area contributed by atoms with Crippen molar-refractivity contribution in [3.8, 4) is 0 Å². The lowest BCUT2D eigenvalue weighted by atomic mass is 10.6. The van der Waals surface area contributed by atoms with Gasteiger partial charge in [0.1, 0.15) is 0 Å². The summed E-state index contributed by atoms with van der Waals surface area (Å²) in [5.41, 5.74) is 0. The Kier molecular flexibility index (Phi) is 7.51. The van der Waals surface area contributed by atoms with Crippen LogP contribution in [0.1, 0.15) is 0 Å². The Morgan fingerprint density at radius 2 is 2.08 bits per heavy atom. The highest BCUT2D eigenvalue weighted by atomic mass is 16.7. The standard InChI is InChI=1S/C7H14O6/c1-10-3-4-12-7(11-2)6(9)13-5-8/h7-8H,3-5H2,1-2H3. The van der Waals surface area contributed by atoms with Crippen molar-refractivity contribution in [2.75, 3.05) is 34.2 Å². The Hall–Kier alpha value is -0.690. The molecule has 0 saturated heterocycles. The Morgan fingerprint density at radius 1 is 1.38 bits per heavy atom. The fraction of sp³-hybridized carbons (Fsp3) is 0.857. The maximum Gasteiger partial charge on any atom is 0.365 e. The summed E-state index contributed by atoms with van der Waals surface area (Å²) in [4.78, 5) is 10.9. The topological polar surface area (TPSA) is 74.2 Å². The molecule has 0 rings (SSSR count). The van der Waals surface area contributed by atoms with E-state index in [-0.39, 0.29) is 6.61 Å². The molecule has 1 N–H and O–H groups in total. The van der Waals surface area contributed by atoms with Gasteiger partial charge in [-0.05, 0) is 0 Å². The van der Waals surface area contributed by atoms with E-state index >= 15 is 0 Å². The van der Waals surface area contributed by atoms with Crippen LogP contribution in [0.3, 0.4) is 0 Å². The van der Waals surface area contributed by atoms with E-state index in [4.69, 9.17) is 14.6 Å². The molecule has 0 aliphatic rings. The van der Waals surface area contributed by atoms with Gasteiger partial charge < -0.3 is 24.1 Å². The number of aliphatic hydroxyl groups excluding tert-OH is 1. The highest BCUT2D eigenvalue weighted by Crippen LogP contribution is 1.96. The fourth-order valence-corrected chi connectivity index (χ4v) is 0.602. The number of esters is 1. The number of methoxy groups -OCH3 is 2. The smallest absolute Gasteiger partial charge is 0.365 e. The zero-order valence-electron chi connectivity index (χ0n) is 7.69. The van der Waals surface area contributed by atoms with Crippen LogP contribution in [0, 0.1) is 0 Å². The lowest BCUT2D eigenvalue weighted by molar-refractivity contribution is -0.197. The zero-order valence-corrected chi connectivity index (χ0v) is 7.69. The molecule has 0 saturated carbocycles. The first-order valence-electron chi connectivity index (χ1n) is 3.67. The molecule has 0 aliphatic heterocycles. The molecule has 6 nitrogen and oxygen atoms in total. The van der Waals surface area contributed by atoms with Crippen LogP contribution in [-0.2, 0) is 23.7 Å². The van der Waals surface area contributed by atoms with Gasteiger partial charge in [-0.2, -0.15) is 0 Å². The zero-order chi connectivity index (χ0) is 10.1. The molecule has 1 atom stereocenters. The average Bonchev–Trinajstić information content (AvgIpc) is 2.13. The summed E-state index contributed by atoms with van der Waals surface area (Å²) in [6, 6.07) is 0. The van der Waals surface area contributed by atoms with Crippen molar-refractivity contribution in [1.29, 1.82) is 0 Å². The fourth-order valence-electron chi connectivity index (χ4n) is 0.602. The van der Waals surface area contributed by atoms with Crippen LogP contribution in [-0.4, -0.2) is 51.6 Å². The molecule has 0 spiro atoms. The number of hydrogen-bond acceptors (Lipinski definition) is 6. The number of ether oxygens (including phenoxy) is 4. The number of carbonyl (C=O) groups is 1. The van der Waals surface area contributed by atoms with Gasteiger partial charge in [-0.25, -0.2) is 4.79 Å². The Morgan fingerprint density at radius 3 is 2.54 bits per heavy atom. The number of rotatable bonds is 7. The van der Waals surface area contributed by atoms with E-state index in [1.807, 2.05) is 0 Å². The molecule has 0 aromatic rings. The predicted molar refractivity (Wildman–Crippen MR) is 41.8 cm³/mol. The van der Waals surface area contributed by atoms with E-state index in [0.29, 0.717) is 6.61 Å². The van der Waals surface area contributed by atoms with Crippen LogP contribution >= 0.6 is 0 Å². The van der Waals surface area contributed by atoms with E-state index in [1.165, 1.54) is 14.2 Å². The summed E-state index contributed by atoms with van der Waals surface area (Å²) in [6.45, 7) is -0.117. The van der Waals surface area contributed by atoms with Gasteiger partial charge in [-0.3, -0.25) is 0 Å². The molecule has 0 aromatic carbocycles. The first kappa shape index (κ1) is 12.3. The second-order valence-corrected chi connectivity index (χ2v) is 2.02. The Balaban J connectivity index is 3.67. The summed E-state index contributed by atoms with van der Waals surface area (Å²) in [6.07, 6.45) is -1.11. The van der Waals surface area contributed by atoms with Crippen molar-refractivity contribution in [2.45, 2.75) is 6.29 Å². The molecule has 0 bridgehead atoms. The average molecular weight is 194 g/mol. The highest BCUT2D eigenvalue weighted by Gasteiger charge is 2.19. The van der Waals surface area contributed by atoms with Gasteiger partial charge in [-0.15, -0.1) is 0 Å². The van der Waals surface area contributed by atoms with Gasteiger partial charge in [0.2, 0.25) is 0 Å². The third kappa shape index (κ3) is 5.53. The molecule has 78 valence electrons. The van der Waals surface area contributed by atoms with E-state index in [1.54, 1.807) is 0 Å². The molecular formula is C7H14O6. The summed E-state index contributed by atoms with van der Waals surface area (Å²) in [5.74, 6) is -0.763. The molecule has 0 fully saturated rings. The van der Waals surface area contributed by atoms with Gasteiger partial charge in [0.25, 0.3) is 6.29 Å². The lowest BCUT2D eigenvalue weighted by Gasteiger charge is -2.13. The summed E-state index contributed by atoms with van der Waals surface area (Å²) < 4.78 is 18.5. The van der Waals surface area contributed by atoms with Crippen LogP contribution < -0.4 is 0 Å². The Bertz CT molecular complexity index is 137. The minimum absolute atomic E-state index is 0.218. The second-order valence-electron chi connectivity index (χ2n) is 2.02. The molecule has 0 radical (unpaired) electrons. The second kappa shape index (κ2) is 7.93. The predicted octanol–water partition coefficient (Wildman–Crippen LogP) is -0.885.